The van der Waals surface area contributed by atoms with Crippen molar-refractivity contribution in [2.45, 2.75) is 6.61 Å². The first kappa shape index (κ1) is 21.4. The summed E-state index contributed by atoms with van der Waals surface area (Å²) in [5.74, 6) is 0.158. The number of carbonyl (C=O) groups excluding carboxylic acids is 1. The Morgan fingerprint density at radius 2 is 1.64 bits per heavy atom. The molecule has 0 heterocycles. The molecule has 0 aromatic heterocycles. The van der Waals surface area contributed by atoms with E-state index in [0.717, 1.165) is 5.56 Å². The number of para-hydroxylation sites is 1. The van der Waals surface area contributed by atoms with Gasteiger partial charge in [0.05, 0.1) is 6.61 Å². The number of phosphoric ester groups is 1. The molecule has 2 aromatic carbocycles. The predicted octanol–water partition coefficient (Wildman–Crippen LogP) is 2.47. The average Bonchev–Trinajstić information content (AvgIpc) is 2.58. The number of hydrogen-bond donors (Lipinski definition) is 1. The van der Waals surface area contributed by atoms with Gasteiger partial charge in [-0.25, -0.2) is 4.79 Å². The van der Waals surface area contributed by atoms with E-state index in [1.807, 2.05) is 30.3 Å². The zero-order valence-electron chi connectivity index (χ0n) is 13.1. The van der Waals surface area contributed by atoms with Crippen LogP contribution >= 0.6 is 7.82 Å². The molecule has 138 valence electrons. The number of rotatable bonds is 8. The SMILES string of the molecule is O=C(NCCOP(=O)([O-])Oc1ccccc1)OCc1ccccc1.[Ag+]. The van der Waals surface area contributed by atoms with E-state index < -0.39 is 13.9 Å². The largest absolute Gasteiger partial charge is 1.00 e. The van der Waals surface area contributed by atoms with Gasteiger partial charge in [-0.2, -0.15) is 0 Å². The van der Waals surface area contributed by atoms with Gasteiger partial charge < -0.3 is 24.0 Å². The Balaban J connectivity index is 0.00000312. The van der Waals surface area contributed by atoms with Gasteiger partial charge in [-0.05, 0) is 17.7 Å². The van der Waals surface area contributed by atoms with Crippen LogP contribution in [0.15, 0.2) is 60.7 Å². The van der Waals surface area contributed by atoms with Crippen LogP contribution in [0.25, 0.3) is 0 Å². The first-order valence-corrected chi connectivity index (χ1v) is 8.66. The molecule has 0 fully saturated rings. The average molecular weight is 458 g/mol. The van der Waals surface area contributed by atoms with Gasteiger partial charge in [0.1, 0.15) is 12.4 Å². The summed E-state index contributed by atoms with van der Waals surface area (Å²) in [6, 6.07) is 17.2. The van der Waals surface area contributed by atoms with Gasteiger partial charge in [0.2, 0.25) is 0 Å². The minimum absolute atomic E-state index is 0. The van der Waals surface area contributed by atoms with Crippen LogP contribution in [0, 0.1) is 0 Å². The van der Waals surface area contributed by atoms with E-state index in [9.17, 15) is 14.3 Å². The number of alkyl carbamates (subject to hydrolysis) is 1. The topological polar surface area (TPSA) is 96.9 Å². The van der Waals surface area contributed by atoms with Crippen LogP contribution < -0.4 is 14.7 Å². The van der Waals surface area contributed by atoms with Crippen molar-refractivity contribution in [2.24, 2.45) is 0 Å². The van der Waals surface area contributed by atoms with Crippen molar-refractivity contribution < 1.29 is 50.4 Å². The zero-order valence-corrected chi connectivity index (χ0v) is 15.5. The fourth-order valence-electron chi connectivity index (χ4n) is 1.72. The fourth-order valence-corrected chi connectivity index (χ4v) is 2.47. The molecule has 0 radical (unpaired) electrons. The second-order valence-corrected chi connectivity index (χ2v) is 6.01. The van der Waals surface area contributed by atoms with E-state index in [-0.39, 0.29) is 47.9 Å². The van der Waals surface area contributed by atoms with Gasteiger partial charge >= 0.3 is 36.3 Å². The molecule has 0 bridgehead atoms. The van der Waals surface area contributed by atoms with Crippen molar-refractivity contribution in [3.63, 3.8) is 0 Å². The molecule has 7 nitrogen and oxygen atoms in total. The first-order valence-electron chi connectivity index (χ1n) is 7.20. The number of ether oxygens (including phenoxy) is 1. The molecule has 0 saturated carbocycles. The van der Waals surface area contributed by atoms with Crippen molar-refractivity contribution in [1.82, 2.24) is 5.32 Å². The molecular weight excluding hydrogens is 441 g/mol. The molecule has 0 aliphatic heterocycles. The quantitative estimate of drug-likeness (QED) is 0.371. The third kappa shape index (κ3) is 8.88. The van der Waals surface area contributed by atoms with Crippen molar-refractivity contribution in [1.29, 1.82) is 0 Å². The summed E-state index contributed by atoms with van der Waals surface area (Å²) in [7, 11) is -4.48. The molecule has 1 unspecified atom stereocenters. The van der Waals surface area contributed by atoms with Gasteiger partial charge in [-0.1, -0.05) is 48.5 Å². The van der Waals surface area contributed by atoms with Gasteiger partial charge in [-0.15, -0.1) is 0 Å². The van der Waals surface area contributed by atoms with Crippen molar-refractivity contribution in [3.05, 3.63) is 66.2 Å². The van der Waals surface area contributed by atoms with Crippen LogP contribution in [0.4, 0.5) is 4.79 Å². The van der Waals surface area contributed by atoms with Crippen LogP contribution in [0.5, 0.6) is 5.75 Å². The molecular formula is C16H17AgNO6P. The van der Waals surface area contributed by atoms with Crippen molar-refractivity contribution in [3.8, 4) is 5.75 Å². The molecule has 9 heteroatoms. The number of amides is 1. The van der Waals surface area contributed by atoms with Crippen LogP contribution in [0.1, 0.15) is 5.56 Å². The number of phosphoric acid groups is 1. The second kappa shape index (κ2) is 11.1. The van der Waals surface area contributed by atoms with Gasteiger partial charge in [0.25, 0.3) is 0 Å². The summed E-state index contributed by atoms with van der Waals surface area (Å²) in [6.45, 7) is -0.156. The van der Waals surface area contributed by atoms with E-state index >= 15 is 0 Å². The molecule has 0 saturated heterocycles. The summed E-state index contributed by atoms with van der Waals surface area (Å²) >= 11 is 0. The van der Waals surface area contributed by atoms with E-state index in [1.165, 1.54) is 12.1 Å². The smallest absolute Gasteiger partial charge is 0.746 e. The Labute approximate surface area is 161 Å². The maximum absolute atomic E-state index is 11.6. The Kier molecular flexibility index (Phi) is 9.52. The third-order valence-electron chi connectivity index (χ3n) is 2.79. The number of benzene rings is 2. The standard InChI is InChI=1S/C16H18NO6P.Ag/c18-16(21-13-14-7-3-1-4-8-14)17-11-12-22-24(19,20)23-15-9-5-2-6-10-15;/h1-10H,11-13H2,(H,17,18)(H,19,20);/q;+1/p-1. The molecule has 0 spiro atoms. The normalized spacial score (nSPS) is 12.4. The molecule has 2 rings (SSSR count). The fraction of sp³-hybridized carbons (Fsp3) is 0.188. The first-order chi connectivity index (χ1) is 11.6. The van der Waals surface area contributed by atoms with Gasteiger partial charge in [-0.3, -0.25) is 4.57 Å². The second-order valence-electron chi connectivity index (χ2n) is 4.67. The molecule has 25 heavy (non-hydrogen) atoms. The molecule has 0 aliphatic carbocycles. The summed E-state index contributed by atoms with van der Waals surface area (Å²) in [5, 5.41) is 2.39. The molecule has 1 amide bonds. The Bertz CT molecular complexity index is 686. The van der Waals surface area contributed by atoms with Crippen molar-refractivity contribution >= 4 is 13.9 Å². The maximum atomic E-state index is 11.6. The summed E-state index contributed by atoms with van der Waals surface area (Å²) in [4.78, 5) is 23.1. The van der Waals surface area contributed by atoms with Crippen LogP contribution in [-0.4, -0.2) is 19.2 Å². The number of nitrogens with one attached hydrogen (secondary N) is 1. The zero-order chi connectivity index (χ0) is 17.3. The van der Waals surface area contributed by atoms with Crippen LogP contribution in [0.3, 0.4) is 0 Å². The number of carbonyl (C=O) groups is 1. The maximum Gasteiger partial charge on any atom is 1.00 e. The van der Waals surface area contributed by atoms with Gasteiger partial charge in [0.15, 0.2) is 0 Å². The Morgan fingerprint density at radius 1 is 1.04 bits per heavy atom. The van der Waals surface area contributed by atoms with E-state index in [0.29, 0.717) is 0 Å². The van der Waals surface area contributed by atoms with E-state index in [4.69, 9.17) is 9.26 Å². The summed E-state index contributed by atoms with van der Waals surface area (Å²) in [6.07, 6.45) is -0.660. The van der Waals surface area contributed by atoms with E-state index in [1.54, 1.807) is 18.2 Å². The predicted molar refractivity (Wildman–Crippen MR) is 85.3 cm³/mol. The van der Waals surface area contributed by atoms with E-state index in [2.05, 4.69) is 9.84 Å². The minimum atomic E-state index is -4.48. The van der Waals surface area contributed by atoms with Crippen LogP contribution in [-0.2, 0) is 42.8 Å². The molecule has 1 N–H and O–H groups in total. The summed E-state index contributed by atoms with van der Waals surface area (Å²) < 4.78 is 26.0. The monoisotopic (exact) mass is 457 g/mol. The number of hydrogen-bond acceptors (Lipinski definition) is 6. The Morgan fingerprint density at radius 3 is 2.28 bits per heavy atom. The minimum Gasteiger partial charge on any atom is -0.746 e. The van der Waals surface area contributed by atoms with Crippen LogP contribution in [0.2, 0.25) is 0 Å². The molecule has 1 atom stereocenters. The summed E-state index contributed by atoms with van der Waals surface area (Å²) in [5.41, 5.74) is 0.851. The molecule has 0 aliphatic rings. The van der Waals surface area contributed by atoms with Crippen molar-refractivity contribution in [2.75, 3.05) is 13.2 Å². The van der Waals surface area contributed by atoms with Gasteiger partial charge in [0, 0.05) is 6.54 Å². The third-order valence-corrected chi connectivity index (χ3v) is 3.73. The molecule has 2 aromatic rings. The Hall–Kier alpha value is -1.60.